The fourth-order valence-electron chi connectivity index (χ4n) is 1.10. The number of aromatic nitrogens is 2. The number of rotatable bonds is 6. The number of hydrogen-bond donors (Lipinski definition) is 1. The van der Waals surface area contributed by atoms with Crippen molar-refractivity contribution in [2.45, 2.75) is 32.1 Å². The molecule has 1 rings (SSSR count). The van der Waals surface area contributed by atoms with Crippen LogP contribution in [0.4, 0.5) is 0 Å². The summed E-state index contributed by atoms with van der Waals surface area (Å²) in [7, 11) is 0. The summed E-state index contributed by atoms with van der Waals surface area (Å²) in [5, 5.41) is 4.47. The molecule has 0 atom stereocenters. The van der Waals surface area contributed by atoms with Crippen LogP contribution in [0, 0.1) is 0 Å². The quantitative estimate of drug-likeness (QED) is 0.735. The van der Waals surface area contributed by atoms with Crippen molar-refractivity contribution in [1.29, 1.82) is 0 Å². The van der Waals surface area contributed by atoms with Crippen LogP contribution in [0.1, 0.15) is 32.0 Å². The van der Waals surface area contributed by atoms with Gasteiger partial charge in [0.05, 0.1) is 5.69 Å². The minimum atomic E-state index is 0.456. The van der Waals surface area contributed by atoms with Gasteiger partial charge >= 0.3 is 0 Å². The van der Waals surface area contributed by atoms with Crippen molar-refractivity contribution in [3.8, 4) is 0 Å². The molecule has 3 nitrogen and oxygen atoms in total. The summed E-state index contributed by atoms with van der Waals surface area (Å²) in [6.07, 6.45) is 3.14. The Bertz CT molecular complexity index is 258. The lowest BCUT2D eigenvalue weighted by molar-refractivity contribution is 0.529. The molecule has 0 saturated heterocycles. The van der Waals surface area contributed by atoms with Gasteiger partial charge in [0.15, 0.2) is 0 Å². The van der Waals surface area contributed by atoms with Crippen molar-refractivity contribution < 1.29 is 0 Å². The van der Waals surface area contributed by atoms with E-state index in [1.807, 2.05) is 22.6 Å². The van der Waals surface area contributed by atoms with Crippen LogP contribution in [0.3, 0.4) is 0 Å². The first-order valence-electron chi connectivity index (χ1n) is 5.06. The van der Waals surface area contributed by atoms with Crippen molar-refractivity contribution in [2.75, 3.05) is 12.3 Å². The van der Waals surface area contributed by atoms with E-state index in [0.29, 0.717) is 6.04 Å². The van der Waals surface area contributed by atoms with Gasteiger partial charge in [-0.2, -0.15) is 16.9 Å². The number of nitrogens with two attached hydrogens (primary N) is 1. The van der Waals surface area contributed by atoms with E-state index in [4.69, 9.17) is 5.73 Å². The molecule has 0 spiro atoms. The van der Waals surface area contributed by atoms with Crippen LogP contribution in [0.5, 0.6) is 0 Å². The molecule has 1 aromatic heterocycles. The molecule has 0 aliphatic heterocycles. The fraction of sp³-hybridized carbons (Fsp3) is 0.700. The summed E-state index contributed by atoms with van der Waals surface area (Å²) in [6, 6.07) is 2.55. The van der Waals surface area contributed by atoms with Crippen LogP contribution in [0.15, 0.2) is 12.3 Å². The van der Waals surface area contributed by atoms with Crippen LogP contribution in [-0.2, 0) is 5.75 Å². The lowest BCUT2D eigenvalue weighted by Crippen LogP contribution is -2.02. The Kier molecular flexibility index (Phi) is 5.04. The van der Waals surface area contributed by atoms with E-state index in [2.05, 4.69) is 25.0 Å². The monoisotopic (exact) mass is 213 g/mol. The third-order valence-electron chi connectivity index (χ3n) is 1.94. The number of hydrogen-bond acceptors (Lipinski definition) is 3. The molecule has 1 aromatic rings. The zero-order valence-electron chi connectivity index (χ0n) is 8.94. The maximum Gasteiger partial charge on any atom is 0.0723 e. The van der Waals surface area contributed by atoms with Crippen LogP contribution in [-0.4, -0.2) is 22.1 Å². The Hall–Kier alpha value is -0.480. The topological polar surface area (TPSA) is 43.8 Å². The molecule has 0 radical (unpaired) electrons. The van der Waals surface area contributed by atoms with Gasteiger partial charge in [-0.15, -0.1) is 0 Å². The Morgan fingerprint density at radius 3 is 2.93 bits per heavy atom. The molecular weight excluding hydrogens is 194 g/mol. The molecule has 0 amide bonds. The highest BCUT2D eigenvalue weighted by atomic mass is 32.2. The van der Waals surface area contributed by atoms with Gasteiger partial charge in [-0.1, -0.05) is 0 Å². The highest BCUT2D eigenvalue weighted by Gasteiger charge is 2.01. The lowest BCUT2D eigenvalue weighted by atomic mass is 10.4. The van der Waals surface area contributed by atoms with Crippen molar-refractivity contribution >= 4 is 11.8 Å². The summed E-state index contributed by atoms with van der Waals surface area (Å²) in [4.78, 5) is 0. The third-order valence-corrected chi connectivity index (χ3v) is 3.01. The predicted octanol–water partition coefficient (Wildman–Crippen LogP) is 2.05. The molecule has 80 valence electrons. The van der Waals surface area contributed by atoms with E-state index in [1.54, 1.807) is 0 Å². The van der Waals surface area contributed by atoms with Gasteiger partial charge in [0.2, 0.25) is 0 Å². The summed E-state index contributed by atoms with van der Waals surface area (Å²) >= 11 is 1.90. The first-order chi connectivity index (χ1) is 6.74. The van der Waals surface area contributed by atoms with E-state index in [-0.39, 0.29) is 0 Å². The van der Waals surface area contributed by atoms with E-state index in [9.17, 15) is 0 Å². The summed E-state index contributed by atoms with van der Waals surface area (Å²) < 4.78 is 2.00. The zero-order chi connectivity index (χ0) is 10.4. The Labute approximate surface area is 90.1 Å². The average molecular weight is 213 g/mol. The van der Waals surface area contributed by atoms with Gasteiger partial charge in [-0.25, -0.2) is 0 Å². The molecular formula is C10H19N3S. The lowest BCUT2D eigenvalue weighted by Gasteiger charge is -2.03. The molecule has 0 aliphatic carbocycles. The summed E-state index contributed by atoms with van der Waals surface area (Å²) in [6.45, 7) is 5.06. The van der Waals surface area contributed by atoms with Crippen molar-refractivity contribution in [2.24, 2.45) is 5.73 Å². The molecule has 14 heavy (non-hydrogen) atoms. The molecule has 1 heterocycles. The van der Waals surface area contributed by atoms with Gasteiger partial charge in [0.25, 0.3) is 0 Å². The van der Waals surface area contributed by atoms with E-state index >= 15 is 0 Å². The standard InChI is InChI=1S/C10H19N3S/c1-9(2)13-6-4-10(12-13)8-14-7-3-5-11/h4,6,9H,3,5,7-8,11H2,1-2H3. The second kappa shape index (κ2) is 6.09. The molecule has 0 aliphatic rings. The highest BCUT2D eigenvalue weighted by molar-refractivity contribution is 7.98. The maximum atomic E-state index is 5.42. The average Bonchev–Trinajstić information content (AvgIpc) is 2.61. The highest BCUT2D eigenvalue weighted by Crippen LogP contribution is 2.12. The maximum absolute atomic E-state index is 5.42. The first-order valence-corrected chi connectivity index (χ1v) is 6.21. The molecule has 0 saturated carbocycles. The first kappa shape index (κ1) is 11.6. The van der Waals surface area contributed by atoms with Gasteiger partial charge in [0, 0.05) is 18.0 Å². The predicted molar refractivity (Wildman–Crippen MR) is 62.4 cm³/mol. The van der Waals surface area contributed by atoms with Crippen molar-refractivity contribution in [1.82, 2.24) is 9.78 Å². The molecule has 0 bridgehead atoms. The van der Waals surface area contributed by atoms with Gasteiger partial charge < -0.3 is 5.73 Å². The van der Waals surface area contributed by atoms with E-state index in [0.717, 1.165) is 24.5 Å². The van der Waals surface area contributed by atoms with Gasteiger partial charge in [0.1, 0.15) is 0 Å². The fourth-order valence-corrected chi connectivity index (χ4v) is 1.98. The third kappa shape index (κ3) is 3.72. The van der Waals surface area contributed by atoms with E-state index < -0.39 is 0 Å². The minimum absolute atomic E-state index is 0.456. The number of nitrogens with zero attached hydrogens (tertiary/aromatic N) is 2. The summed E-state index contributed by atoms with van der Waals surface area (Å²) in [5.74, 6) is 2.13. The normalized spacial score (nSPS) is 11.1. The van der Waals surface area contributed by atoms with Crippen LogP contribution in [0.25, 0.3) is 0 Å². The molecule has 0 unspecified atom stereocenters. The Morgan fingerprint density at radius 2 is 2.36 bits per heavy atom. The van der Waals surface area contributed by atoms with Crippen LogP contribution in [0.2, 0.25) is 0 Å². The smallest absolute Gasteiger partial charge is 0.0723 e. The van der Waals surface area contributed by atoms with E-state index in [1.165, 1.54) is 5.69 Å². The van der Waals surface area contributed by atoms with Gasteiger partial charge in [-0.3, -0.25) is 4.68 Å². The SMILES string of the molecule is CC(C)n1ccc(CSCCCN)n1. The minimum Gasteiger partial charge on any atom is -0.330 e. The zero-order valence-corrected chi connectivity index (χ0v) is 9.76. The summed E-state index contributed by atoms with van der Waals surface area (Å²) in [5.41, 5.74) is 6.59. The molecule has 0 fully saturated rings. The number of thioether (sulfide) groups is 1. The van der Waals surface area contributed by atoms with Gasteiger partial charge in [-0.05, 0) is 38.6 Å². The molecule has 0 aromatic carbocycles. The van der Waals surface area contributed by atoms with Crippen molar-refractivity contribution in [3.63, 3.8) is 0 Å². The second-order valence-corrected chi connectivity index (χ2v) is 4.68. The second-order valence-electron chi connectivity index (χ2n) is 3.58. The Balaban J connectivity index is 2.29. The largest absolute Gasteiger partial charge is 0.330 e. The molecule has 2 N–H and O–H groups in total. The Morgan fingerprint density at radius 1 is 1.57 bits per heavy atom. The molecule has 4 heteroatoms. The van der Waals surface area contributed by atoms with Crippen LogP contribution >= 0.6 is 11.8 Å². The van der Waals surface area contributed by atoms with Crippen LogP contribution < -0.4 is 5.73 Å². The van der Waals surface area contributed by atoms with Crippen molar-refractivity contribution in [3.05, 3.63) is 18.0 Å².